The molecule has 0 bridgehead atoms. The number of nitrogens with zero attached hydrogens (tertiary/aromatic N) is 1. The average molecular weight is 419 g/mol. The minimum atomic E-state index is 0.113. The molecule has 2 N–H and O–H groups in total. The molecule has 0 saturated carbocycles. The van der Waals surface area contributed by atoms with Crippen LogP contribution in [0.4, 0.5) is 0 Å². The van der Waals surface area contributed by atoms with Crippen LogP contribution in [0.3, 0.4) is 0 Å². The van der Waals surface area contributed by atoms with Crippen LogP contribution in [-0.4, -0.2) is 30.6 Å². The Morgan fingerprint density at radius 1 is 1.03 bits per heavy atom. The molecule has 0 aliphatic carbocycles. The van der Waals surface area contributed by atoms with Crippen molar-refractivity contribution < 1.29 is 4.74 Å². The van der Waals surface area contributed by atoms with Gasteiger partial charge in [-0.25, -0.2) is 0 Å². The largest absolute Gasteiger partial charge is 0.492 e. The Morgan fingerprint density at radius 2 is 1.60 bits per heavy atom. The quantitative estimate of drug-likeness (QED) is 0.248. The van der Waals surface area contributed by atoms with E-state index in [1.807, 2.05) is 58.9 Å². The third kappa shape index (κ3) is 20.7. The van der Waals surface area contributed by atoms with Gasteiger partial charge in [0.2, 0.25) is 0 Å². The summed E-state index contributed by atoms with van der Waals surface area (Å²) in [4.78, 5) is 2.42. The summed E-state index contributed by atoms with van der Waals surface area (Å²) in [6.45, 7) is 26.8. The topological polar surface area (TPSA) is 38.5 Å². The summed E-state index contributed by atoms with van der Waals surface area (Å²) in [7, 11) is 0. The molecule has 0 aromatic carbocycles. The summed E-state index contributed by atoms with van der Waals surface area (Å²) < 4.78 is 5.53. The fraction of sp³-hybridized carbons (Fsp3) is 0.556. The van der Waals surface area contributed by atoms with Crippen molar-refractivity contribution >= 4 is 0 Å². The normalized spacial score (nSPS) is 12.9. The molecule has 0 aliphatic rings. The summed E-state index contributed by atoms with van der Waals surface area (Å²) in [6, 6.07) is 0.113. The van der Waals surface area contributed by atoms with Gasteiger partial charge in [-0.1, -0.05) is 72.1 Å². The Bertz CT molecular complexity index is 521. The lowest BCUT2D eigenvalue weighted by molar-refractivity contribution is 0.202. The molecule has 30 heavy (non-hydrogen) atoms. The molecule has 0 heterocycles. The van der Waals surface area contributed by atoms with Crippen molar-refractivity contribution in [3.05, 3.63) is 72.7 Å². The van der Waals surface area contributed by atoms with Crippen LogP contribution in [0, 0.1) is 0 Å². The maximum atomic E-state index is 5.75. The molecule has 0 spiro atoms. The molecular weight excluding hydrogens is 368 g/mol. The Morgan fingerprint density at radius 3 is 2.00 bits per heavy atom. The van der Waals surface area contributed by atoms with E-state index in [-0.39, 0.29) is 6.04 Å². The van der Waals surface area contributed by atoms with Crippen LogP contribution in [0.15, 0.2) is 72.7 Å². The third-order valence-electron chi connectivity index (χ3n) is 4.04. The SMILES string of the molecule is C=C/C(C)=C\C(=C/C)OCC(N)CC.C=C/C=C\C=C(/C)N(CCC)CCC.CC. The Labute approximate surface area is 188 Å². The van der Waals surface area contributed by atoms with E-state index in [9.17, 15) is 0 Å². The van der Waals surface area contributed by atoms with Crippen molar-refractivity contribution in [2.24, 2.45) is 5.73 Å². The standard InChI is InChI=1S/C13H23N.C12H21NO.C2H6/c1-5-8-9-10-13(4)14(11-6-2)12-7-3;1-5-10(4)8-12(7-3)14-9-11(13)6-2;1-2/h5,8-10H,1,6-7,11-12H2,2-4H3;5,7-8,11H,1,6,9,13H2,2-4H3;1-2H3/b9-8-,13-10+;10-8-,12-7+;. The van der Waals surface area contributed by atoms with Gasteiger partial charge in [0.15, 0.2) is 0 Å². The summed E-state index contributed by atoms with van der Waals surface area (Å²) in [5, 5.41) is 0. The van der Waals surface area contributed by atoms with Crippen molar-refractivity contribution in [2.75, 3.05) is 19.7 Å². The number of allylic oxidation sites excluding steroid dienone is 9. The van der Waals surface area contributed by atoms with Gasteiger partial charge in [-0.2, -0.15) is 0 Å². The zero-order valence-corrected chi connectivity index (χ0v) is 21.2. The Hall–Kier alpha value is -2.00. The predicted molar refractivity (Wildman–Crippen MR) is 139 cm³/mol. The van der Waals surface area contributed by atoms with E-state index in [2.05, 4.69) is 44.9 Å². The molecular formula is C27H50N2O. The number of hydrogen-bond donors (Lipinski definition) is 1. The third-order valence-corrected chi connectivity index (χ3v) is 4.04. The van der Waals surface area contributed by atoms with Crippen molar-refractivity contribution in [1.29, 1.82) is 0 Å². The van der Waals surface area contributed by atoms with Crippen LogP contribution < -0.4 is 5.73 Å². The minimum Gasteiger partial charge on any atom is -0.492 e. The van der Waals surface area contributed by atoms with Crippen LogP contribution in [-0.2, 0) is 4.74 Å². The van der Waals surface area contributed by atoms with Crippen LogP contribution >= 0.6 is 0 Å². The second-order valence-electron chi connectivity index (χ2n) is 6.68. The molecule has 3 nitrogen and oxygen atoms in total. The first kappa shape index (κ1) is 32.7. The molecule has 0 fully saturated rings. The summed E-state index contributed by atoms with van der Waals surface area (Å²) in [5.41, 5.74) is 8.17. The van der Waals surface area contributed by atoms with Gasteiger partial charge >= 0.3 is 0 Å². The zero-order valence-electron chi connectivity index (χ0n) is 21.2. The second-order valence-corrected chi connectivity index (χ2v) is 6.68. The van der Waals surface area contributed by atoms with Gasteiger partial charge < -0.3 is 15.4 Å². The Balaban J connectivity index is -0.000000448. The van der Waals surface area contributed by atoms with Gasteiger partial charge in [0.05, 0.1) is 0 Å². The lowest BCUT2D eigenvalue weighted by Gasteiger charge is -2.24. The number of rotatable bonds is 13. The van der Waals surface area contributed by atoms with E-state index in [1.165, 1.54) is 18.5 Å². The van der Waals surface area contributed by atoms with Gasteiger partial charge in [0.1, 0.15) is 12.4 Å². The van der Waals surface area contributed by atoms with Gasteiger partial charge in [-0.3, -0.25) is 0 Å². The highest BCUT2D eigenvalue weighted by molar-refractivity contribution is 5.23. The van der Waals surface area contributed by atoms with Crippen molar-refractivity contribution in [2.45, 2.75) is 80.7 Å². The van der Waals surface area contributed by atoms with E-state index in [0.717, 1.165) is 30.8 Å². The van der Waals surface area contributed by atoms with Gasteiger partial charge in [0.25, 0.3) is 0 Å². The van der Waals surface area contributed by atoms with Crippen LogP contribution in [0.5, 0.6) is 0 Å². The molecule has 0 aromatic rings. The van der Waals surface area contributed by atoms with E-state index in [1.54, 1.807) is 12.2 Å². The minimum absolute atomic E-state index is 0.113. The van der Waals surface area contributed by atoms with Gasteiger partial charge in [0, 0.05) is 24.8 Å². The molecule has 1 atom stereocenters. The zero-order chi connectivity index (χ0) is 23.8. The highest BCUT2D eigenvalue weighted by Crippen LogP contribution is 2.06. The average Bonchev–Trinajstić information content (AvgIpc) is 2.77. The smallest absolute Gasteiger partial charge is 0.115 e. The van der Waals surface area contributed by atoms with E-state index >= 15 is 0 Å². The van der Waals surface area contributed by atoms with Gasteiger partial charge in [-0.05, 0) is 63.8 Å². The van der Waals surface area contributed by atoms with Crippen LogP contribution in [0.25, 0.3) is 0 Å². The summed E-state index contributed by atoms with van der Waals surface area (Å²) in [5.74, 6) is 0.853. The number of nitrogens with two attached hydrogens (primary N) is 1. The first-order chi connectivity index (χ1) is 14.4. The fourth-order valence-electron chi connectivity index (χ4n) is 2.20. The fourth-order valence-corrected chi connectivity index (χ4v) is 2.20. The highest BCUT2D eigenvalue weighted by atomic mass is 16.5. The van der Waals surface area contributed by atoms with Crippen LogP contribution in [0.2, 0.25) is 0 Å². The second kappa shape index (κ2) is 25.0. The molecule has 0 aliphatic heterocycles. The van der Waals surface area contributed by atoms with Crippen LogP contribution in [0.1, 0.15) is 74.7 Å². The Kier molecular flexibility index (Phi) is 27.3. The molecule has 0 radical (unpaired) electrons. The van der Waals surface area contributed by atoms with E-state index < -0.39 is 0 Å². The monoisotopic (exact) mass is 418 g/mol. The first-order valence-electron chi connectivity index (χ1n) is 11.5. The molecule has 0 saturated heterocycles. The lowest BCUT2D eigenvalue weighted by Crippen LogP contribution is -2.24. The van der Waals surface area contributed by atoms with E-state index in [0.29, 0.717) is 6.61 Å². The number of ether oxygens (including phenoxy) is 1. The van der Waals surface area contributed by atoms with Crippen molar-refractivity contribution in [3.8, 4) is 0 Å². The molecule has 0 rings (SSSR count). The molecule has 174 valence electrons. The van der Waals surface area contributed by atoms with Crippen molar-refractivity contribution in [3.63, 3.8) is 0 Å². The van der Waals surface area contributed by atoms with Crippen molar-refractivity contribution in [1.82, 2.24) is 4.90 Å². The summed E-state index contributed by atoms with van der Waals surface area (Å²) >= 11 is 0. The molecule has 0 amide bonds. The predicted octanol–water partition coefficient (Wildman–Crippen LogP) is 7.56. The maximum absolute atomic E-state index is 5.75. The molecule has 0 aromatic heterocycles. The highest BCUT2D eigenvalue weighted by Gasteiger charge is 2.01. The molecule has 1 unspecified atom stereocenters. The molecule has 3 heteroatoms. The van der Waals surface area contributed by atoms with E-state index in [4.69, 9.17) is 10.5 Å². The maximum Gasteiger partial charge on any atom is 0.115 e. The first-order valence-corrected chi connectivity index (χ1v) is 11.5. The lowest BCUT2D eigenvalue weighted by atomic mass is 10.2. The summed E-state index contributed by atoms with van der Waals surface area (Å²) in [6.07, 6.45) is 17.0. The van der Waals surface area contributed by atoms with Gasteiger partial charge in [-0.15, -0.1) is 0 Å². The number of hydrogen-bond acceptors (Lipinski definition) is 3.